The number of carbonyl (C=O) groups excluding carboxylic acids is 2. The van der Waals surface area contributed by atoms with Crippen molar-refractivity contribution in [2.75, 3.05) is 14.2 Å². The summed E-state index contributed by atoms with van der Waals surface area (Å²) in [6.07, 6.45) is 2.01. The number of ketones is 1. The highest BCUT2D eigenvalue weighted by molar-refractivity contribution is 6.13. The summed E-state index contributed by atoms with van der Waals surface area (Å²) >= 11 is 0. The van der Waals surface area contributed by atoms with Gasteiger partial charge in [-0.05, 0) is 25.0 Å². The fourth-order valence-corrected chi connectivity index (χ4v) is 2.29. The summed E-state index contributed by atoms with van der Waals surface area (Å²) in [6, 6.07) is 6.87. The number of rotatable bonds is 4. The van der Waals surface area contributed by atoms with Crippen LogP contribution in [-0.4, -0.2) is 26.0 Å². The van der Waals surface area contributed by atoms with Crippen LogP contribution in [0.5, 0.6) is 5.75 Å². The zero-order valence-electron chi connectivity index (χ0n) is 10.6. The van der Waals surface area contributed by atoms with E-state index in [2.05, 4.69) is 0 Å². The van der Waals surface area contributed by atoms with Gasteiger partial charge in [0, 0.05) is 5.56 Å². The zero-order chi connectivity index (χ0) is 13.2. The molecule has 1 saturated carbocycles. The zero-order valence-corrected chi connectivity index (χ0v) is 10.6. The molecule has 0 saturated heterocycles. The molecular formula is C14H16O4. The predicted molar refractivity (Wildman–Crippen MR) is 65.6 cm³/mol. The van der Waals surface area contributed by atoms with Gasteiger partial charge >= 0.3 is 5.97 Å². The van der Waals surface area contributed by atoms with E-state index < -0.39 is 11.4 Å². The van der Waals surface area contributed by atoms with Gasteiger partial charge in [0.2, 0.25) is 0 Å². The first-order chi connectivity index (χ1) is 8.64. The Morgan fingerprint density at radius 2 is 1.94 bits per heavy atom. The number of benzene rings is 1. The highest BCUT2D eigenvalue weighted by atomic mass is 16.5. The maximum absolute atomic E-state index is 12.5. The van der Waals surface area contributed by atoms with Crippen molar-refractivity contribution in [1.29, 1.82) is 0 Å². The van der Waals surface area contributed by atoms with Crippen LogP contribution >= 0.6 is 0 Å². The van der Waals surface area contributed by atoms with Gasteiger partial charge in [0.25, 0.3) is 0 Å². The van der Waals surface area contributed by atoms with Gasteiger partial charge in [-0.2, -0.15) is 0 Å². The Labute approximate surface area is 106 Å². The second-order valence-electron chi connectivity index (χ2n) is 4.49. The molecule has 0 unspecified atom stereocenters. The van der Waals surface area contributed by atoms with Crippen molar-refractivity contribution in [3.63, 3.8) is 0 Å². The maximum atomic E-state index is 12.5. The molecule has 1 fully saturated rings. The van der Waals surface area contributed by atoms with E-state index in [9.17, 15) is 9.59 Å². The fourth-order valence-electron chi connectivity index (χ4n) is 2.29. The highest BCUT2D eigenvalue weighted by Gasteiger charge is 2.51. The number of ether oxygens (including phenoxy) is 2. The molecule has 96 valence electrons. The number of hydrogen-bond donors (Lipinski definition) is 0. The molecule has 0 radical (unpaired) electrons. The van der Waals surface area contributed by atoms with Gasteiger partial charge in [-0.3, -0.25) is 9.59 Å². The third-order valence-corrected chi connectivity index (χ3v) is 3.55. The van der Waals surface area contributed by atoms with Crippen molar-refractivity contribution < 1.29 is 19.1 Å². The van der Waals surface area contributed by atoms with Crippen molar-refractivity contribution in [2.24, 2.45) is 5.41 Å². The van der Waals surface area contributed by atoms with Crippen LogP contribution in [0.25, 0.3) is 0 Å². The van der Waals surface area contributed by atoms with Gasteiger partial charge in [-0.25, -0.2) is 0 Å². The predicted octanol–water partition coefficient (Wildman–Crippen LogP) is 2.22. The van der Waals surface area contributed by atoms with Crippen molar-refractivity contribution in [2.45, 2.75) is 19.3 Å². The number of esters is 1. The number of methoxy groups -OCH3 is 2. The van der Waals surface area contributed by atoms with E-state index in [1.807, 2.05) is 0 Å². The fraction of sp³-hybridized carbons (Fsp3) is 0.429. The average molecular weight is 248 g/mol. The lowest BCUT2D eigenvalue weighted by molar-refractivity contribution is -0.153. The Kier molecular flexibility index (Phi) is 3.36. The molecule has 0 atom stereocenters. The Bertz CT molecular complexity index is 474. The van der Waals surface area contributed by atoms with E-state index >= 15 is 0 Å². The minimum absolute atomic E-state index is 0.167. The monoisotopic (exact) mass is 248 g/mol. The molecule has 1 aromatic rings. The minimum Gasteiger partial charge on any atom is -0.497 e. The van der Waals surface area contributed by atoms with Gasteiger partial charge in [0.1, 0.15) is 11.2 Å². The number of carbonyl (C=O) groups is 2. The molecule has 1 aliphatic rings. The van der Waals surface area contributed by atoms with Crippen LogP contribution in [0.15, 0.2) is 24.3 Å². The topological polar surface area (TPSA) is 52.6 Å². The Morgan fingerprint density at radius 1 is 1.22 bits per heavy atom. The van der Waals surface area contributed by atoms with Gasteiger partial charge in [0.05, 0.1) is 14.2 Å². The summed E-state index contributed by atoms with van der Waals surface area (Å²) < 4.78 is 9.85. The number of hydrogen-bond acceptors (Lipinski definition) is 4. The van der Waals surface area contributed by atoms with Gasteiger partial charge in [-0.1, -0.05) is 18.6 Å². The molecule has 4 nitrogen and oxygen atoms in total. The first-order valence-electron chi connectivity index (χ1n) is 5.91. The summed E-state index contributed by atoms with van der Waals surface area (Å²) in [4.78, 5) is 24.3. The molecule has 18 heavy (non-hydrogen) atoms. The highest BCUT2D eigenvalue weighted by Crippen LogP contribution is 2.44. The summed E-state index contributed by atoms with van der Waals surface area (Å²) in [6.45, 7) is 0. The second kappa shape index (κ2) is 4.80. The van der Waals surface area contributed by atoms with Crippen molar-refractivity contribution in [3.8, 4) is 5.75 Å². The first kappa shape index (κ1) is 12.6. The van der Waals surface area contributed by atoms with Crippen molar-refractivity contribution in [3.05, 3.63) is 29.8 Å². The molecule has 0 bridgehead atoms. The maximum Gasteiger partial charge on any atom is 0.319 e. The Balaban J connectivity index is 2.32. The first-order valence-corrected chi connectivity index (χ1v) is 5.91. The molecule has 0 aromatic heterocycles. The van der Waals surface area contributed by atoms with E-state index in [0.29, 0.717) is 24.2 Å². The molecule has 1 aromatic carbocycles. The van der Waals surface area contributed by atoms with Crippen LogP contribution in [0.2, 0.25) is 0 Å². The molecule has 4 heteroatoms. The summed E-state index contributed by atoms with van der Waals surface area (Å²) in [5.74, 6) is 0.0151. The molecule has 2 rings (SSSR count). The lowest BCUT2D eigenvalue weighted by atomic mass is 9.64. The van der Waals surface area contributed by atoms with Gasteiger partial charge < -0.3 is 9.47 Å². The second-order valence-corrected chi connectivity index (χ2v) is 4.49. The van der Waals surface area contributed by atoms with E-state index in [1.165, 1.54) is 7.11 Å². The van der Waals surface area contributed by atoms with Crippen LogP contribution in [0, 0.1) is 5.41 Å². The molecule has 1 aliphatic carbocycles. The molecule has 0 N–H and O–H groups in total. The van der Waals surface area contributed by atoms with E-state index in [-0.39, 0.29) is 5.78 Å². The molecule has 0 amide bonds. The van der Waals surface area contributed by atoms with Gasteiger partial charge in [-0.15, -0.1) is 0 Å². The summed E-state index contributed by atoms with van der Waals surface area (Å²) in [5.41, 5.74) is -0.472. The van der Waals surface area contributed by atoms with Gasteiger partial charge in [0.15, 0.2) is 5.78 Å². The number of Topliss-reactive ketones (excluding diaryl/α,β-unsaturated/α-hetero) is 1. The molecular weight excluding hydrogens is 232 g/mol. The smallest absolute Gasteiger partial charge is 0.319 e. The largest absolute Gasteiger partial charge is 0.497 e. The van der Waals surface area contributed by atoms with Crippen molar-refractivity contribution >= 4 is 11.8 Å². The lowest BCUT2D eigenvalue weighted by Gasteiger charge is -2.37. The molecule has 0 heterocycles. The third kappa shape index (κ3) is 1.88. The minimum atomic E-state index is -0.971. The third-order valence-electron chi connectivity index (χ3n) is 3.55. The van der Waals surface area contributed by atoms with Crippen LogP contribution < -0.4 is 4.74 Å². The van der Waals surface area contributed by atoms with E-state index in [1.54, 1.807) is 31.4 Å². The average Bonchev–Trinajstić information content (AvgIpc) is 2.37. The van der Waals surface area contributed by atoms with Crippen molar-refractivity contribution in [1.82, 2.24) is 0 Å². The quantitative estimate of drug-likeness (QED) is 0.466. The van der Waals surface area contributed by atoms with Crippen LogP contribution in [-0.2, 0) is 9.53 Å². The normalized spacial score (nSPS) is 16.6. The van der Waals surface area contributed by atoms with E-state index in [0.717, 1.165) is 6.42 Å². The van der Waals surface area contributed by atoms with Crippen LogP contribution in [0.4, 0.5) is 0 Å². The lowest BCUT2D eigenvalue weighted by Crippen LogP contribution is -2.45. The Hall–Kier alpha value is -1.84. The SMILES string of the molecule is COC(=O)C1(C(=O)c2cccc(OC)c2)CCC1. The van der Waals surface area contributed by atoms with Crippen LogP contribution in [0.1, 0.15) is 29.6 Å². The summed E-state index contributed by atoms with van der Waals surface area (Å²) in [7, 11) is 2.87. The Morgan fingerprint density at radius 3 is 2.44 bits per heavy atom. The standard InChI is InChI=1S/C14H16O4/c1-17-11-6-3-5-10(9-11)12(15)14(7-4-8-14)13(16)18-2/h3,5-6,9H,4,7-8H2,1-2H3. The molecule has 0 aliphatic heterocycles. The molecule has 0 spiro atoms. The summed E-state index contributed by atoms with van der Waals surface area (Å²) in [5, 5.41) is 0. The van der Waals surface area contributed by atoms with Crippen LogP contribution in [0.3, 0.4) is 0 Å². The van der Waals surface area contributed by atoms with E-state index in [4.69, 9.17) is 9.47 Å².